The van der Waals surface area contributed by atoms with E-state index in [9.17, 15) is 8.78 Å². The Labute approximate surface area is 108 Å². The Kier molecular flexibility index (Phi) is 6.12. The minimum absolute atomic E-state index is 0.105. The lowest BCUT2D eigenvalue weighted by Crippen LogP contribution is -1.77. The fourth-order valence-corrected chi connectivity index (χ4v) is 2.73. The van der Waals surface area contributed by atoms with Crippen molar-refractivity contribution in [2.24, 2.45) is 0 Å². The maximum Gasteiger partial charge on any atom is 0.139 e. The van der Waals surface area contributed by atoms with E-state index in [-0.39, 0.29) is 18.2 Å². The van der Waals surface area contributed by atoms with E-state index in [1.165, 1.54) is 34.8 Å². The molecule has 6 heteroatoms. The van der Waals surface area contributed by atoms with Crippen molar-refractivity contribution in [1.29, 1.82) is 0 Å². The van der Waals surface area contributed by atoms with Crippen LogP contribution in [0.1, 0.15) is 9.75 Å². The second-order valence-corrected chi connectivity index (χ2v) is 5.24. The van der Waals surface area contributed by atoms with E-state index in [1.807, 2.05) is 0 Å². The number of aliphatic hydroxyl groups excluding tert-OH is 1. The van der Waals surface area contributed by atoms with E-state index in [0.29, 0.717) is 10.2 Å². The fraction of sp³-hybridized carbons (Fsp3) is 0.200. The average molecular weight is 327 g/mol. The Hall–Kier alpha value is -0.300. The summed E-state index contributed by atoms with van der Waals surface area (Å²) in [4.78, 5) is 1.18. The summed E-state index contributed by atoms with van der Waals surface area (Å²) in [7, 11) is 0. The predicted octanol–water partition coefficient (Wildman–Crippen LogP) is 4.16. The van der Waals surface area contributed by atoms with Crippen LogP contribution in [0.25, 0.3) is 0 Å². The molecular weight excluding hydrogens is 318 g/mol. The van der Waals surface area contributed by atoms with Crippen LogP contribution in [-0.2, 0) is 11.9 Å². The maximum atomic E-state index is 12.3. The smallest absolute Gasteiger partial charge is 0.139 e. The Morgan fingerprint density at radius 1 is 1.06 bits per heavy atom. The zero-order valence-electron chi connectivity index (χ0n) is 8.12. The molecule has 0 aromatic carbocycles. The second kappa shape index (κ2) is 7.11. The van der Waals surface area contributed by atoms with E-state index < -0.39 is 0 Å². The third kappa shape index (κ3) is 3.93. The first-order valence-corrected chi connectivity index (χ1v) is 7.17. The Morgan fingerprint density at radius 3 is 1.75 bits per heavy atom. The van der Waals surface area contributed by atoms with Gasteiger partial charge in [-0.1, -0.05) is 15.9 Å². The van der Waals surface area contributed by atoms with Crippen molar-refractivity contribution in [2.75, 3.05) is 0 Å². The molecule has 2 aromatic heterocycles. The van der Waals surface area contributed by atoms with Crippen molar-refractivity contribution >= 4 is 38.6 Å². The van der Waals surface area contributed by atoms with Crippen molar-refractivity contribution in [1.82, 2.24) is 0 Å². The minimum atomic E-state index is -0.308. The topological polar surface area (TPSA) is 20.2 Å². The van der Waals surface area contributed by atoms with Gasteiger partial charge in [-0.05, 0) is 22.9 Å². The summed E-state index contributed by atoms with van der Waals surface area (Å²) >= 11 is 5.81. The lowest BCUT2D eigenvalue weighted by Gasteiger charge is -1.83. The van der Waals surface area contributed by atoms with Gasteiger partial charge in [0.1, 0.15) is 11.6 Å². The number of aliphatic hydroxyl groups is 1. The third-order valence-electron chi connectivity index (χ3n) is 1.65. The molecule has 2 aromatic rings. The van der Waals surface area contributed by atoms with Gasteiger partial charge in [0.25, 0.3) is 0 Å². The first-order chi connectivity index (χ1) is 7.69. The molecule has 0 saturated carbocycles. The summed E-state index contributed by atoms with van der Waals surface area (Å²) in [5, 5.41) is 12.4. The van der Waals surface area contributed by atoms with Gasteiger partial charge in [0.05, 0.1) is 16.4 Å². The van der Waals surface area contributed by atoms with Crippen LogP contribution in [0.15, 0.2) is 22.9 Å². The highest BCUT2D eigenvalue weighted by Crippen LogP contribution is 2.17. The van der Waals surface area contributed by atoms with Gasteiger partial charge < -0.3 is 5.11 Å². The molecule has 0 saturated heterocycles. The molecule has 0 amide bonds. The summed E-state index contributed by atoms with van der Waals surface area (Å²) in [5.41, 5.74) is 0. The molecule has 1 nitrogen and oxygen atoms in total. The fourth-order valence-electron chi connectivity index (χ4n) is 0.858. The van der Waals surface area contributed by atoms with Crippen molar-refractivity contribution in [3.8, 4) is 0 Å². The number of halogens is 3. The normalized spacial score (nSPS) is 9.75. The predicted molar refractivity (Wildman–Crippen MR) is 67.1 cm³/mol. The molecule has 88 valence electrons. The standard InChI is InChI=1S/C5H4BrFS.C5H5FOS/c6-3-5-4(7)1-2-8-5;6-4-1-2-8-5(4)3-7/h1-2H,3H2;1-2,7H,3H2. The Morgan fingerprint density at radius 2 is 1.56 bits per heavy atom. The van der Waals surface area contributed by atoms with Crippen LogP contribution in [0.5, 0.6) is 0 Å². The van der Waals surface area contributed by atoms with E-state index in [2.05, 4.69) is 15.9 Å². The van der Waals surface area contributed by atoms with E-state index in [4.69, 9.17) is 5.11 Å². The zero-order chi connectivity index (χ0) is 12.0. The van der Waals surface area contributed by atoms with Gasteiger partial charge in [0.15, 0.2) is 0 Å². The molecule has 0 spiro atoms. The van der Waals surface area contributed by atoms with E-state index in [1.54, 1.807) is 10.8 Å². The van der Waals surface area contributed by atoms with Gasteiger partial charge in [0, 0.05) is 5.33 Å². The van der Waals surface area contributed by atoms with Gasteiger partial charge >= 0.3 is 0 Å². The summed E-state index contributed by atoms with van der Waals surface area (Å²) in [6.45, 7) is -0.191. The van der Waals surface area contributed by atoms with Crippen molar-refractivity contribution in [2.45, 2.75) is 11.9 Å². The minimum Gasteiger partial charge on any atom is -0.391 e. The van der Waals surface area contributed by atoms with Crippen molar-refractivity contribution in [3.63, 3.8) is 0 Å². The molecule has 0 radical (unpaired) electrons. The van der Waals surface area contributed by atoms with Gasteiger partial charge in [0.2, 0.25) is 0 Å². The van der Waals surface area contributed by atoms with E-state index >= 15 is 0 Å². The SMILES string of the molecule is Fc1ccsc1CBr.OCc1sccc1F. The molecule has 0 fully saturated rings. The van der Waals surface area contributed by atoms with E-state index in [0.717, 1.165) is 4.88 Å². The third-order valence-corrected chi connectivity index (χ3v) is 4.36. The number of hydrogen-bond acceptors (Lipinski definition) is 3. The summed E-state index contributed by atoms with van der Waals surface area (Å²) < 4.78 is 24.5. The molecule has 1 N–H and O–H groups in total. The first kappa shape index (κ1) is 13.8. The van der Waals surface area contributed by atoms with Gasteiger partial charge in [-0.3, -0.25) is 0 Å². The van der Waals surface area contributed by atoms with Gasteiger partial charge in [-0.2, -0.15) is 0 Å². The second-order valence-electron chi connectivity index (χ2n) is 2.68. The summed E-state index contributed by atoms with van der Waals surface area (Å²) in [6.07, 6.45) is 0. The van der Waals surface area contributed by atoms with Crippen molar-refractivity contribution in [3.05, 3.63) is 44.3 Å². The number of alkyl halides is 1. The van der Waals surface area contributed by atoms with Crippen molar-refractivity contribution < 1.29 is 13.9 Å². The summed E-state index contributed by atoms with van der Waals surface area (Å²) in [5.74, 6) is -0.413. The highest BCUT2D eigenvalue weighted by Gasteiger charge is 1.98. The van der Waals surface area contributed by atoms with Crippen LogP contribution >= 0.6 is 38.6 Å². The maximum absolute atomic E-state index is 12.3. The summed E-state index contributed by atoms with van der Waals surface area (Å²) in [6, 6.07) is 2.82. The van der Waals surface area contributed by atoms with Crippen LogP contribution in [0.3, 0.4) is 0 Å². The molecule has 16 heavy (non-hydrogen) atoms. The number of rotatable bonds is 2. The monoisotopic (exact) mass is 326 g/mol. The largest absolute Gasteiger partial charge is 0.391 e. The van der Waals surface area contributed by atoms with Crippen LogP contribution in [0.2, 0.25) is 0 Å². The van der Waals surface area contributed by atoms with Crippen LogP contribution in [-0.4, -0.2) is 5.11 Å². The molecular formula is C10H9BrF2OS2. The average Bonchev–Trinajstić information content (AvgIpc) is 2.87. The zero-order valence-corrected chi connectivity index (χ0v) is 11.3. The highest BCUT2D eigenvalue weighted by molar-refractivity contribution is 9.08. The van der Waals surface area contributed by atoms with Crippen LogP contribution in [0.4, 0.5) is 8.78 Å². The molecule has 0 unspecified atom stereocenters. The lowest BCUT2D eigenvalue weighted by molar-refractivity contribution is 0.280. The van der Waals surface area contributed by atoms with Gasteiger partial charge in [-0.25, -0.2) is 8.78 Å². The molecule has 0 atom stereocenters. The van der Waals surface area contributed by atoms with Crippen LogP contribution < -0.4 is 0 Å². The molecule has 0 aliphatic rings. The Bertz CT molecular complexity index is 388. The molecule has 2 rings (SSSR count). The van der Waals surface area contributed by atoms with Gasteiger partial charge in [-0.15, -0.1) is 22.7 Å². The Balaban J connectivity index is 0.000000160. The highest BCUT2D eigenvalue weighted by atomic mass is 79.9. The quantitative estimate of drug-likeness (QED) is 0.821. The molecule has 0 aliphatic carbocycles. The molecule has 0 bridgehead atoms. The first-order valence-electron chi connectivity index (χ1n) is 4.29. The van der Waals surface area contributed by atoms with Crippen LogP contribution in [0, 0.1) is 11.6 Å². The lowest BCUT2D eigenvalue weighted by atomic mass is 10.5. The molecule has 2 heterocycles. The number of thiophene rings is 2. The number of hydrogen-bond donors (Lipinski definition) is 1. The molecule has 0 aliphatic heterocycles.